The lowest BCUT2D eigenvalue weighted by Gasteiger charge is -2.24. The van der Waals surface area contributed by atoms with Gasteiger partial charge in [0.05, 0.1) is 0 Å². The van der Waals surface area contributed by atoms with E-state index in [4.69, 9.17) is 4.74 Å². The monoisotopic (exact) mass is 223 g/mol. The van der Waals surface area contributed by atoms with Crippen LogP contribution in [0.4, 0.5) is 5.69 Å². The van der Waals surface area contributed by atoms with Crippen LogP contribution in [-0.4, -0.2) is 25.5 Å². The number of rotatable bonds is 3. The fourth-order valence-corrected chi connectivity index (χ4v) is 2.25. The van der Waals surface area contributed by atoms with E-state index in [1.165, 1.54) is 10.6 Å². The van der Waals surface area contributed by atoms with Gasteiger partial charge in [0, 0.05) is 29.8 Å². The summed E-state index contributed by atoms with van der Waals surface area (Å²) in [6.07, 6.45) is 4.33. The Kier molecular flexibility index (Phi) is 3.92. The summed E-state index contributed by atoms with van der Waals surface area (Å²) in [4.78, 5) is 1.31. The smallest absolute Gasteiger partial charge is 0.0485 e. The third-order valence-electron chi connectivity index (χ3n) is 2.66. The molecule has 0 atom stereocenters. The molecule has 2 rings (SSSR count). The van der Waals surface area contributed by atoms with Gasteiger partial charge in [-0.2, -0.15) is 0 Å². The molecular formula is C12H17NOS. The fourth-order valence-electron chi connectivity index (χ4n) is 1.79. The lowest BCUT2D eigenvalue weighted by atomic mass is 10.1. The van der Waals surface area contributed by atoms with Gasteiger partial charge in [-0.15, -0.1) is 11.8 Å². The van der Waals surface area contributed by atoms with Crippen LogP contribution in [0.5, 0.6) is 0 Å². The number of benzene rings is 1. The maximum absolute atomic E-state index is 5.34. The molecule has 15 heavy (non-hydrogen) atoms. The van der Waals surface area contributed by atoms with Gasteiger partial charge in [-0.25, -0.2) is 0 Å². The van der Waals surface area contributed by atoms with Gasteiger partial charge in [0.15, 0.2) is 0 Å². The van der Waals surface area contributed by atoms with Crippen molar-refractivity contribution in [2.24, 2.45) is 0 Å². The Hall–Kier alpha value is -0.670. The average Bonchev–Trinajstić information content (AvgIpc) is 2.31. The van der Waals surface area contributed by atoms with Gasteiger partial charge in [-0.3, -0.25) is 0 Å². The molecule has 0 unspecified atom stereocenters. The Morgan fingerprint density at radius 3 is 2.87 bits per heavy atom. The fraction of sp³-hybridized carbons (Fsp3) is 0.500. The SMILES string of the molecule is CSc1cccc(NC2CCOCC2)c1. The largest absolute Gasteiger partial charge is 0.382 e. The van der Waals surface area contributed by atoms with Gasteiger partial charge < -0.3 is 10.1 Å². The van der Waals surface area contributed by atoms with E-state index in [2.05, 4.69) is 35.8 Å². The number of nitrogens with one attached hydrogen (secondary N) is 1. The molecule has 0 bridgehead atoms. The first-order valence-electron chi connectivity index (χ1n) is 5.37. The Bertz CT molecular complexity index is 310. The predicted molar refractivity (Wildman–Crippen MR) is 65.7 cm³/mol. The lowest BCUT2D eigenvalue weighted by molar-refractivity contribution is 0.0904. The van der Waals surface area contributed by atoms with E-state index in [9.17, 15) is 0 Å². The zero-order valence-corrected chi connectivity index (χ0v) is 9.85. The Morgan fingerprint density at radius 2 is 2.13 bits per heavy atom. The third-order valence-corrected chi connectivity index (χ3v) is 3.39. The summed E-state index contributed by atoms with van der Waals surface area (Å²) in [7, 11) is 0. The molecule has 1 aromatic rings. The second-order valence-electron chi connectivity index (χ2n) is 3.76. The summed E-state index contributed by atoms with van der Waals surface area (Å²) in [5.74, 6) is 0. The highest BCUT2D eigenvalue weighted by atomic mass is 32.2. The van der Waals surface area contributed by atoms with Crippen molar-refractivity contribution in [2.45, 2.75) is 23.8 Å². The number of anilines is 1. The second kappa shape index (κ2) is 5.42. The third kappa shape index (κ3) is 3.14. The van der Waals surface area contributed by atoms with E-state index >= 15 is 0 Å². The molecule has 1 N–H and O–H groups in total. The minimum Gasteiger partial charge on any atom is -0.382 e. The summed E-state index contributed by atoms with van der Waals surface area (Å²) in [6.45, 7) is 1.78. The number of hydrogen-bond acceptors (Lipinski definition) is 3. The molecule has 0 spiro atoms. The molecule has 2 nitrogen and oxygen atoms in total. The molecule has 1 fully saturated rings. The zero-order valence-electron chi connectivity index (χ0n) is 9.03. The molecule has 3 heteroatoms. The minimum absolute atomic E-state index is 0.579. The number of thioether (sulfide) groups is 1. The van der Waals surface area contributed by atoms with E-state index in [1.807, 2.05) is 0 Å². The maximum Gasteiger partial charge on any atom is 0.0485 e. The van der Waals surface area contributed by atoms with Gasteiger partial charge in [-0.05, 0) is 37.3 Å². The molecule has 1 aliphatic heterocycles. The predicted octanol–water partition coefficient (Wildman–Crippen LogP) is 3.00. The van der Waals surface area contributed by atoms with Crippen molar-refractivity contribution in [3.63, 3.8) is 0 Å². The van der Waals surface area contributed by atoms with Crippen LogP contribution in [0.3, 0.4) is 0 Å². The summed E-state index contributed by atoms with van der Waals surface area (Å²) in [5.41, 5.74) is 1.23. The molecule has 1 saturated heterocycles. The van der Waals surface area contributed by atoms with Crippen molar-refractivity contribution < 1.29 is 4.74 Å². The van der Waals surface area contributed by atoms with Crippen molar-refractivity contribution in [1.29, 1.82) is 0 Å². The van der Waals surface area contributed by atoms with Gasteiger partial charge in [0.2, 0.25) is 0 Å². The first-order valence-corrected chi connectivity index (χ1v) is 6.59. The highest BCUT2D eigenvalue weighted by molar-refractivity contribution is 7.98. The molecule has 0 aliphatic carbocycles. The molecule has 1 aliphatic rings. The quantitative estimate of drug-likeness (QED) is 0.796. The van der Waals surface area contributed by atoms with Gasteiger partial charge >= 0.3 is 0 Å². The van der Waals surface area contributed by atoms with Crippen molar-refractivity contribution >= 4 is 17.4 Å². The Labute approximate surface area is 95.4 Å². The highest BCUT2D eigenvalue weighted by Crippen LogP contribution is 2.21. The topological polar surface area (TPSA) is 21.3 Å². The van der Waals surface area contributed by atoms with Gasteiger partial charge in [-0.1, -0.05) is 6.07 Å². The zero-order chi connectivity index (χ0) is 10.5. The number of ether oxygens (including phenoxy) is 1. The molecule has 0 amide bonds. The standard InChI is InChI=1S/C12H17NOS/c1-15-12-4-2-3-11(9-12)13-10-5-7-14-8-6-10/h2-4,9-10,13H,5-8H2,1H3. The molecule has 82 valence electrons. The summed E-state index contributed by atoms with van der Waals surface area (Å²) in [6, 6.07) is 9.17. The van der Waals surface area contributed by atoms with Crippen LogP contribution in [0, 0.1) is 0 Å². The lowest BCUT2D eigenvalue weighted by Crippen LogP contribution is -2.27. The Balaban J connectivity index is 1.96. The van der Waals surface area contributed by atoms with E-state index in [1.54, 1.807) is 11.8 Å². The van der Waals surface area contributed by atoms with Crippen molar-refractivity contribution in [3.05, 3.63) is 24.3 Å². The minimum atomic E-state index is 0.579. The van der Waals surface area contributed by atoms with Crippen LogP contribution in [0.1, 0.15) is 12.8 Å². The first-order chi connectivity index (χ1) is 7.38. The highest BCUT2D eigenvalue weighted by Gasteiger charge is 2.12. The first kappa shape index (κ1) is 10.8. The molecule has 1 heterocycles. The molecular weight excluding hydrogens is 206 g/mol. The van der Waals surface area contributed by atoms with E-state index in [0.29, 0.717) is 6.04 Å². The van der Waals surface area contributed by atoms with Crippen molar-refractivity contribution in [3.8, 4) is 0 Å². The second-order valence-corrected chi connectivity index (χ2v) is 4.64. The van der Waals surface area contributed by atoms with Crippen LogP contribution < -0.4 is 5.32 Å². The molecule has 0 saturated carbocycles. The number of hydrogen-bond donors (Lipinski definition) is 1. The van der Waals surface area contributed by atoms with E-state index < -0.39 is 0 Å². The summed E-state index contributed by atoms with van der Waals surface area (Å²) >= 11 is 1.78. The van der Waals surface area contributed by atoms with Crippen molar-refractivity contribution in [2.75, 3.05) is 24.8 Å². The molecule has 0 radical (unpaired) electrons. The van der Waals surface area contributed by atoms with Crippen LogP contribution in [-0.2, 0) is 4.74 Å². The summed E-state index contributed by atoms with van der Waals surface area (Å²) < 4.78 is 5.34. The van der Waals surface area contributed by atoms with E-state index in [-0.39, 0.29) is 0 Å². The van der Waals surface area contributed by atoms with Crippen molar-refractivity contribution in [1.82, 2.24) is 0 Å². The van der Waals surface area contributed by atoms with Gasteiger partial charge in [0.25, 0.3) is 0 Å². The maximum atomic E-state index is 5.34. The summed E-state index contributed by atoms with van der Waals surface area (Å²) in [5, 5.41) is 3.56. The van der Waals surface area contributed by atoms with Crippen LogP contribution in [0.2, 0.25) is 0 Å². The average molecular weight is 223 g/mol. The normalized spacial score (nSPS) is 17.7. The Morgan fingerprint density at radius 1 is 1.33 bits per heavy atom. The van der Waals surface area contributed by atoms with Crippen LogP contribution in [0.15, 0.2) is 29.2 Å². The van der Waals surface area contributed by atoms with E-state index in [0.717, 1.165) is 26.1 Å². The van der Waals surface area contributed by atoms with Gasteiger partial charge in [0.1, 0.15) is 0 Å². The molecule has 1 aromatic carbocycles. The van der Waals surface area contributed by atoms with Crippen LogP contribution >= 0.6 is 11.8 Å². The van der Waals surface area contributed by atoms with Crippen LogP contribution in [0.25, 0.3) is 0 Å². The molecule has 0 aromatic heterocycles.